The van der Waals surface area contributed by atoms with Crippen molar-refractivity contribution in [2.45, 2.75) is 45.1 Å². The number of alkyl halides is 1. The normalized spacial score (nSPS) is 18.3. The Morgan fingerprint density at radius 2 is 2.00 bits per heavy atom. The smallest absolute Gasteiger partial charge is 0.146 e. The molecule has 68 valence electrons. The summed E-state index contributed by atoms with van der Waals surface area (Å²) in [6, 6.07) is 0. The standard InChI is InChI=1S/C8H19ClOSi/c1-5-7(9)6(2)8(3,4)10-11/h6-7H,5H2,1-4,11H3. The van der Waals surface area contributed by atoms with Crippen LogP contribution in [0.15, 0.2) is 0 Å². The molecule has 0 saturated heterocycles. The largest absolute Gasteiger partial charge is 0.423 e. The van der Waals surface area contributed by atoms with Crippen molar-refractivity contribution in [3.8, 4) is 0 Å². The van der Waals surface area contributed by atoms with Crippen molar-refractivity contribution in [3.05, 3.63) is 0 Å². The van der Waals surface area contributed by atoms with Gasteiger partial charge in [0.2, 0.25) is 0 Å². The van der Waals surface area contributed by atoms with E-state index in [-0.39, 0.29) is 11.0 Å². The van der Waals surface area contributed by atoms with Gasteiger partial charge in [-0.05, 0) is 26.2 Å². The molecular weight excluding hydrogens is 176 g/mol. The first-order valence-electron chi connectivity index (χ1n) is 4.15. The molecule has 0 aromatic carbocycles. The van der Waals surface area contributed by atoms with E-state index in [1.54, 1.807) is 0 Å². The molecule has 0 saturated carbocycles. The van der Waals surface area contributed by atoms with E-state index in [2.05, 4.69) is 27.7 Å². The lowest BCUT2D eigenvalue weighted by Crippen LogP contribution is -2.37. The molecule has 0 heterocycles. The molecule has 11 heavy (non-hydrogen) atoms. The summed E-state index contributed by atoms with van der Waals surface area (Å²) in [6.07, 6.45) is 1.01. The van der Waals surface area contributed by atoms with Crippen LogP contribution in [0.25, 0.3) is 0 Å². The van der Waals surface area contributed by atoms with Gasteiger partial charge in [0.1, 0.15) is 10.5 Å². The van der Waals surface area contributed by atoms with E-state index in [1.807, 2.05) is 0 Å². The van der Waals surface area contributed by atoms with Crippen molar-refractivity contribution in [1.29, 1.82) is 0 Å². The summed E-state index contributed by atoms with van der Waals surface area (Å²) in [5, 5.41) is 0.235. The van der Waals surface area contributed by atoms with Crippen LogP contribution >= 0.6 is 11.6 Å². The Balaban J connectivity index is 4.10. The third-order valence-corrected chi connectivity index (χ3v) is 4.29. The second-order valence-electron chi connectivity index (χ2n) is 3.52. The third kappa shape index (κ3) is 3.14. The molecular formula is C8H19ClOSi. The highest BCUT2D eigenvalue weighted by Gasteiger charge is 2.29. The molecule has 0 bridgehead atoms. The Hall–Kier alpha value is 0.467. The molecule has 0 aliphatic rings. The highest BCUT2D eigenvalue weighted by molar-refractivity contribution is 6.20. The molecule has 2 unspecified atom stereocenters. The Morgan fingerprint density at radius 1 is 1.55 bits per heavy atom. The minimum absolute atomic E-state index is 0.0470. The van der Waals surface area contributed by atoms with Gasteiger partial charge in [0.15, 0.2) is 0 Å². The maximum absolute atomic E-state index is 6.11. The van der Waals surface area contributed by atoms with Crippen molar-refractivity contribution in [1.82, 2.24) is 0 Å². The van der Waals surface area contributed by atoms with Gasteiger partial charge in [-0.1, -0.05) is 13.8 Å². The maximum Gasteiger partial charge on any atom is 0.146 e. The average molecular weight is 195 g/mol. The molecule has 1 nitrogen and oxygen atoms in total. The summed E-state index contributed by atoms with van der Waals surface area (Å²) >= 11 is 6.11. The number of rotatable bonds is 4. The van der Waals surface area contributed by atoms with E-state index in [1.165, 1.54) is 0 Å². The average Bonchev–Trinajstić information content (AvgIpc) is 2.01. The number of hydrogen-bond donors (Lipinski definition) is 0. The molecule has 0 aliphatic heterocycles. The molecule has 2 atom stereocenters. The molecule has 0 spiro atoms. The van der Waals surface area contributed by atoms with Crippen LogP contribution in [-0.4, -0.2) is 21.5 Å². The molecule has 0 amide bonds. The Bertz CT molecular complexity index is 117. The maximum atomic E-state index is 6.11. The SMILES string of the molecule is CCC(Cl)C(C)C(C)(C)O[SiH3]. The molecule has 0 aromatic rings. The van der Waals surface area contributed by atoms with Crippen LogP contribution < -0.4 is 0 Å². The van der Waals surface area contributed by atoms with Crippen molar-refractivity contribution >= 4 is 22.1 Å². The first-order chi connectivity index (χ1) is 4.95. The molecule has 0 aliphatic carbocycles. The van der Waals surface area contributed by atoms with Gasteiger partial charge < -0.3 is 4.43 Å². The molecule has 0 rings (SSSR count). The van der Waals surface area contributed by atoms with E-state index < -0.39 is 0 Å². The Kier molecular flexibility index (Phi) is 4.67. The van der Waals surface area contributed by atoms with Gasteiger partial charge in [-0.25, -0.2) is 0 Å². The minimum atomic E-state index is -0.0470. The summed E-state index contributed by atoms with van der Waals surface area (Å²) < 4.78 is 5.48. The van der Waals surface area contributed by atoms with Gasteiger partial charge in [0, 0.05) is 5.38 Å². The third-order valence-electron chi connectivity index (χ3n) is 2.56. The van der Waals surface area contributed by atoms with Crippen molar-refractivity contribution in [2.24, 2.45) is 5.92 Å². The fourth-order valence-corrected chi connectivity index (χ4v) is 1.65. The fourth-order valence-electron chi connectivity index (χ4n) is 0.975. The Morgan fingerprint density at radius 3 is 2.27 bits per heavy atom. The summed E-state index contributed by atoms with van der Waals surface area (Å²) in [4.78, 5) is 0. The van der Waals surface area contributed by atoms with E-state index >= 15 is 0 Å². The highest BCUT2D eigenvalue weighted by Crippen LogP contribution is 2.27. The van der Waals surface area contributed by atoms with Crippen LogP contribution in [0.2, 0.25) is 0 Å². The van der Waals surface area contributed by atoms with Crippen LogP contribution in [0, 0.1) is 5.92 Å². The summed E-state index contributed by atoms with van der Waals surface area (Å²) in [7, 11) is 0.785. The van der Waals surface area contributed by atoms with Gasteiger partial charge in [0.25, 0.3) is 0 Å². The van der Waals surface area contributed by atoms with Crippen molar-refractivity contribution < 1.29 is 4.43 Å². The summed E-state index contributed by atoms with van der Waals surface area (Å²) in [5.74, 6) is 0.423. The van der Waals surface area contributed by atoms with Crippen LogP contribution in [-0.2, 0) is 4.43 Å². The van der Waals surface area contributed by atoms with E-state index in [0.29, 0.717) is 5.92 Å². The molecule has 3 heteroatoms. The van der Waals surface area contributed by atoms with Gasteiger partial charge in [-0.2, -0.15) is 0 Å². The Labute approximate surface area is 78.0 Å². The molecule has 0 aromatic heterocycles. The van der Waals surface area contributed by atoms with Gasteiger partial charge in [0.05, 0.1) is 5.60 Å². The van der Waals surface area contributed by atoms with Crippen molar-refractivity contribution in [3.63, 3.8) is 0 Å². The first-order valence-corrected chi connectivity index (χ1v) is 5.40. The second-order valence-corrected chi connectivity index (χ2v) is 4.49. The second kappa shape index (κ2) is 4.48. The highest BCUT2D eigenvalue weighted by atomic mass is 35.5. The summed E-state index contributed by atoms with van der Waals surface area (Å²) in [5.41, 5.74) is -0.0470. The van der Waals surface area contributed by atoms with E-state index in [9.17, 15) is 0 Å². The van der Waals surface area contributed by atoms with E-state index in [4.69, 9.17) is 16.0 Å². The van der Waals surface area contributed by atoms with Gasteiger partial charge in [-0.3, -0.25) is 0 Å². The van der Waals surface area contributed by atoms with Gasteiger partial charge >= 0.3 is 0 Å². The number of hydrogen-bond acceptors (Lipinski definition) is 1. The fraction of sp³-hybridized carbons (Fsp3) is 1.00. The molecule has 0 N–H and O–H groups in total. The van der Waals surface area contributed by atoms with Gasteiger partial charge in [-0.15, -0.1) is 11.6 Å². The monoisotopic (exact) mass is 194 g/mol. The predicted molar refractivity (Wildman–Crippen MR) is 54.2 cm³/mol. The van der Waals surface area contributed by atoms with Crippen LogP contribution in [0.3, 0.4) is 0 Å². The van der Waals surface area contributed by atoms with Crippen LogP contribution in [0.5, 0.6) is 0 Å². The topological polar surface area (TPSA) is 9.23 Å². The molecule has 0 fully saturated rings. The zero-order valence-electron chi connectivity index (χ0n) is 8.15. The molecule has 0 radical (unpaired) electrons. The number of halogens is 1. The predicted octanol–water partition coefficient (Wildman–Crippen LogP) is 1.72. The van der Waals surface area contributed by atoms with Crippen molar-refractivity contribution in [2.75, 3.05) is 0 Å². The van der Waals surface area contributed by atoms with Crippen LogP contribution in [0.4, 0.5) is 0 Å². The first kappa shape index (κ1) is 11.5. The zero-order chi connectivity index (χ0) is 9.07. The summed E-state index contributed by atoms with van der Waals surface area (Å²) in [6.45, 7) is 8.47. The lowest BCUT2D eigenvalue weighted by atomic mass is 9.89. The lowest BCUT2D eigenvalue weighted by Gasteiger charge is -2.33. The lowest BCUT2D eigenvalue weighted by molar-refractivity contribution is 0.0591. The quantitative estimate of drug-likeness (QED) is 0.489. The minimum Gasteiger partial charge on any atom is -0.423 e. The van der Waals surface area contributed by atoms with Crippen LogP contribution in [0.1, 0.15) is 34.1 Å². The zero-order valence-corrected chi connectivity index (χ0v) is 10.9. The van der Waals surface area contributed by atoms with E-state index in [0.717, 1.165) is 16.9 Å².